The van der Waals surface area contributed by atoms with Crippen LogP contribution in [0, 0.1) is 0 Å². The average Bonchev–Trinajstić information content (AvgIpc) is 2.39. The van der Waals surface area contributed by atoms with Gasteiger partial charge in [0, 0.05) is 6.42 Å². The SMILES string of the molecule is N[C@@H](CC1OCCO1)C(=O)O. The molecule has 5 nitrogen and oxygen atoms in total. The van der Waals surface area contributed by atoms with E-state index in [2.05, 4.69) is 0 Å². The number of carbonyl (C=O) groups is 1. The van der Waals surface area contributed by atoms with Crippen LogP contribution in [0.15, 0.2) is 0 Å². The second-order valence-electron chi connectivity index (χ2n) is 2.35. The monoisotopic (exact) mass is 161 g/mol. The van der Waals surface area contributed by atoms with Crippen molar-refractivity contribution in [3.8, 4) is 0 Å². The van der Waals surface area contributed by atoms with Crippen LogP contribution in [-0.2, 0) is 14.3 Å². The van der Waals surface area contributed by atoms with Crippen LogP contribution in [0.3, 0.4) is 0 Å². The van der Waals surface area contributed by atoms with Crippen LogP contribution in [0.4, 0.5) is 0 Å². The topological polar surface area (TPSA) is 81.8 Å². The first-order valence-corrected chi connectivity index (χ1v) is 3.41. The largest absolute Gasteiger partial charge is 0.480 e. The molecule has 0 aromatic heterocycles. The summed E-state index contributed by atoms with van der Waals surface area (Å²) < 4.78 is 10.0. The van der Waals surface area contributed by atoms with Gasteiger partial charge in [0.15, 0.2) is 6.29 Å². The highest BCUT2D eigenvalue weighted by molar-refractivity contribution is 5.73. The van der Waals surface area contributed by atoms with Gasteiger partial charge in [0.2, 0.25) is 0 Å². The predicted octanol–water partition coefficient (Wildman–Crippen LogP) is -0.839. The lowest BCUT2D eigenvalue weighted by Gasteiger charge is -2.11. The minimum Gasteiger partial charge on any atom is -0.480 e. The smallest absolute Gasteiger partial charge is 0.320 e. The van der Waals surface area contributed by atoms with Gasteiger partial charge in [0.1, 0.15) is 6.04 Å². The fraction of sp³-hybridized carbons (Fsp3) is 0.833. The number of nitrogens with two attached hydrogens (primary N) is 1. The van der Waals surface area contributed by atoms with E-state index in [0.717, 1.165) is 0 Å². The molecule has 1 rings (SSSR count). The van der Waals surface area contributed by atoms with E-state index in [9.17, 15) is 4.79 Å². The summed E-state index contributed by atoms with van der Waals surface area (Å²) >= 11 is 0. The van der Waals surface area contributed by atoms with E-state index in [1.807, 2.05) is 0 Å². The van der Waals surface area contributed by atoms with Gasteiger partial charge in [0.05, 0.1) is 13.2 Å². The number of hydrogen-bond acceptors (Lipinski definition) is 4. The van der Waals surface area contributed by atoms with Gasteiger partial charge < -0.3 is 20.3 Å². The van der Waals surface area contributed by atoms with Crippen molar-refractivity contribution in [1.29, 1.82) is 0 Å². The first kappa shape index (κ1) is 8.45. The molecule has 0 spiro atoms. The average molecular weight is 161 g/mol. The van der Waals surface area contributed by atoms with Gasteiger partial charge in [-0.05, 0) is 0 Å². The molecule has 1 saturated heterocycles. The lowest BCUT2D eigenvalue weighted by molar-refractivity contribution is -0.141. The molecule has 0 bridgehead atoms. The van der Waals surface area contributed by atoms with Gasteiger partial charge in [-0.25, -0.2) is 0 Å². The molecule has 1 aliphatic heterocycles. The van der Waals surface area contributed by atoms with Crippen LogP contribution in [0.1, 0.15) is 6.42 Å². The highest BCUT2D eigenvalue weighted by Gasteiger charge is 2.22. The lowest BCUT2D eigenvalue weighted by atomic mass is 10.2. The molecule has 0 radical (unpaired) electrons. The fourth-order valence-electron chi connectivity index (χ4n) is 0.851. The third-order valence-corrected chi connectivity index (χ3v) is 1.45. The zero-order chi connectivity index (χ0) is 8.27. The van der Waals surface area contributed by atoms with Gasteiger partial charge in [-0.2, -0.15) is 0 Å². The maximum Gasteiger partial charge on any atom is 0.320 e. The normalized spacial score (nSPS) is 21.9. The Hall–Kier alpha value is -0.650. The van der Waals surface area contributed by atoms with Crippen LogP contribution in [0.2, 0.25) is 0 Å². The van der Waals surface area contributed by atoms with Gasteiger partial charge in [-0.3, -0.25) is 4.79 Å². The Kier molecular flexibility index (Phi) is 2.81. The number of rotatable bonds is 3. The molecule has 1 heterocycles. The Balaban J connectivity index is 2.23. The van der Waals surface area contributed by atoms with Crippen molar-refractivity contribution in [3.63, 3.8) is 0 Å². The maximum absolute atomic E-state index is 10.3. The zero-order valence-corrected chi connectivity index (χ0v) is 6.03. The van der Waals surface area contributed by atoms with E-state index in [1.54, 1.807) is 0 Å². The third-order valence-electron chi connectivity index (χ3n) is 1.45. The van der Waals surface area contributed by atoms with Crippen LogP contribution in [-0.4, -0.2) is 36.6 Å². The van der Waals surface area contributed by atoms with E-state index in [0.29, 0.717) is 13.2 Å². The molecule has 11 heavy (non-hydrogen) atoms. The third kappa shape index (κ3) is 2.45. The van der Waals surface area contributed by atoms with Crippen molar-refractivity contribution in [2.24, 2.45) is 5.73 Å². The van der Waals surface area contributed by atoms with E-state index >= 15 is 0 Å². The number of aliphatic carboxylic acids is 1. The summed E-state index contributed by atoms with van der Waals surface area (Å²) in [4.78, 5) is 10.3. The van der Waals surface area contributed by atoms with Crippen molar-refractivity contribution in [2.45, 2.75) is 18.8 Å². The van der Waals surface area contributed by atoms with Gasteiger partial charge in [-0.1, -0.05) is 0 Å². The molecule has 0 unspecified atom stereocenters. The Labute approximate surface area is 64.1 Å². The summed E-state index contributed by atoms with van der Waals surface area (Å²) in [6, 6.07) is -0.891. The lowest BCUT2D eigenvalue weighted by Crippen LogP contribution is -2.34. The van der Waals surface area contributed by atoms with Crippen molar-refractivity contribution < 1.29 is 19.4 Å². The number of carboxylic acids is 1. The molecule has 64 valence electrons. The molecule has 0 aromatic carbocycles. The molecule has 1 atom stereocenters. The summed E-state index contributed by atoms with van der Waals surface area (Å²) in [7, 11) is 0. The predicted molar refractivity (Wildman–Crippen MR) is 35.9 cm³/mol. The van der Waals surface area contributed by atoms with Gasteiger partial charge in [-0.15, -0.1) is 0 Å². The second-order valence-corrected chi connectivity index (χ2v) is 2.35. The summed E-state index contributed by atoms with van der Waals surface area (Å²) in [5.41, 5.74) is 5.24. The first-order chi connectivity index (χ1) is 5.20. The van der Waals surface area contributed by atoms with E-state index in [-0.39, 0.29) is 6.42 Å². The highest BCUT2D eigenvalue weighted by atomic mass is 16.7. The highest BCUT2D eigenvalue weighted by Crippen LogP contribution is 2.09. The molecule has 0 amide bonds. The molecule has 0 saturated carbocycles. The van der Waals surface area contributed by atoms with E-state index < -0.39 is 18.3 Å². The molecule has 1 aliphatic rings. The van der Waals surface area contributed by atoms with Crippen LogP contribution in [0.25, 0.3) is 0 Å². The van der Waals surface area contributed by atoms with Gasteiger partial charge >= 0.3 is 5.97 Å². The number of carboxylic acid groups (broad SMARTS) is 1. The first-order valence-electron chi connectivity index (χ1n) is 3.41. The van der Waals surface area contributed by atoms with E-state index in [1.165, 1.54) is 0 Å². The Morgan fingerprint density at radius 3 is 2.64 bits per heavy atom. The summed E-state index contributed by atoms with van der Waals surface area (Å²) in [5, 5.41) is 8.41. The minimum atomic E-state index is -1.02. The van der Waals surface area contributed by atoms with Crippen molar-refractivity contribution in [1.82, 2.24) is 0 Å². The van der Waals surface area contributed by atoms with Crippen LogP contribution >= 0.6 is 0 Å². The Morgan fingerprint density at radius 1 is 1.64 bits per heavy atom. The molecular weight excluding hydrogens is 150 g/mol. The Bertz CT molecular complexity index is 144. The summed E-state index contributed by atoms with van der Waals surface area (Å²) in [6.07, 6.45) is -0.212. The molecule has 5 heteroatoms. The minimum absolute atomic E-state index is 0.218. The number of ether oxygens (including phenoxy) is 2. The molecule has 1 fully saturated rings. The summed E-state index contributed by atoms with van der Waals surface area (Å²) in [5.74, 6) is -1.02. The second kappa shape index (κ2) is 3.66. The molecule has 0 aliphatic carbocycles. The zero-order valence-electron chi connectivity index (χ0n) is 6.03. The van der Waals surface area contributed by atoms with E-state index in [4.69, 9.17) is 20.3 Å². The van der Waals surface area contributed by atoms with Gasteiger partial charge in [0.25, 0.3) is 0 Å². The van der Waals surface area contributed by atoms with Crippen LogP contribution < -0.4 is 5.73 Å². The molecule has 0 aromatic rings. The van der Waals surface area contributed by atoms with Crippen molar-refractivity contribution >= 4 is 5.97 Å². The molecular formula is C6H11NO4. The van der Waals surface area contributed by atoms with Crippen molar-refractivity contribution in [3.05, 3.63) is 0 Å². The summed E-state index contributed by atoms with van der Waals surface area (Å²) in [6.45, 7) is 1.05. The van der Waals surface area contributed by atoms with Crippen LogP contribution in [0.5, 0.6) is 0 Å². The standard InChI is InChI=1S/C6H11NO4/c7-4(6(8)9)3-5-10-1-2-11-5/h4-5H,1-3,7H2,(H,8,9)/t4-/m0/s1. The number of hydrogen-bond donors (Lipinski definition) is 2. The van der Waals surface area contributed by atoms with Crippen molar-refractivity contribution in [2.75, 3.05) is 13.2 Å². The fourth-order valence-corrected chi connectivity index (χ4v) is 0.851. The maximum atomic E-state index is 10.3. The molecule has 3 N–H and O–H groups in total. The Morgan fingerprint density at radius 2 is 2.18 bits per heavy atom. The quantitative estimate of drug-likeness (QED) is 0.564.